The van der Waals surface area contributed by atoms with E-state index in [2.05, 4.69) is 10.1 Å². The van der Waals surface area contributed by atoms with Crippen LogP contribution in [0.2, 0.25) is 5.02 Å². The zero-order valence-corrected chi connectivity index (χ0v) is 11.2. The second kappa shape index (κ2) is 5.83. The van der Waals surface area contributed by atoms with Gasteiger partial charge in [-0.1, -0.05) is 35.8 Å². The van der Waals surface area contributed by atoms with Crippen LogP contribution in [-0.2, 0) is 4.84 Å². The molecule has 2 rings (SSSR count). The first kappa shape index (κ1) is 12.8. The fraction of sp³-hybridized carbons (Fsp3) is 0.286. The van der Waals surface area contributed by atoms with E-state index in [9.17, 15) is 0 Å². The Hall–Kier alpha value is -1.61. The highest BCUT2D eigenvalue weighted by Gasteiger charge is 2.05. The number of rotatable bonds is 4. The number of hydrogen-bond donors (Lipinski definition) is 0. The van der Waals surface area contributed by atoms with E-state index in [1.54, 1.807) is 12.4 Å². The molecule has 0 spiro atoms. The lowest BCUT2D eigenvalue weighted by Gasteiger charge is -2.06. The average molecular weight is 263 g/mol. The molecule has 0 saturated carbocycles. The Bertz CT molecular complexity index is 569. The first-order valence-corrected chi connectivity index (χ1v) is 6.32. The van der Waals surface area contributed by atoms with Crippen molar-refractivity contribution in [2.45, 2.75) is 26.4 Å². The molecule has 18 heavy (non-hydrogen) atoms. The summed E-state index contributed by atoms with van der Waals surface area (Å²) in [5.74, 6) is 0. The Morgan fingerprint density at radius 3 is 3.06 bits per heavy atom. The Morgan fingerprint density at radius 2 is 2.28 bits per heavy atom. The number of hydrogen-bond acceptors (Lipinski definition) is 3. The summed E-state index contributed by atoms with van der Waals surface area (Å²) in [5, 5.41) is 5.63. The highest BCUT2D eigenvalue weighted by molar-refractivity contribution is 6.34. The molecular weight excluding hydrogens is 248 g/mol. The van der Waals surface area contributed by atoms with Crippen molar-refractivity contribution in [2.24, 2.45) is 5.16 Å². The third-order valence-electron chi connectivity index (χ3n) is 2.76. The van der Waals surface area contributed by atoms with E-state index in [0.29, 0.717) is 5.02 Å². The lowest BCUT2D eigenvalue weighted by Crippen LogP contribution is -2.01. The molecule has 0 aliphatic rings. The quantitative estimate of drug-likeness (QED) is 0.616. The number of halogens is 1. The summed E-state index contributed by atoms with van der Waals surface area (Å²) in [5.41, 5.74) is 1.62. The number of pyridine rings is 1. The fourth-order valence-corrected chi connectivity index (χ4v) is 1.73. The molecule has 0 N–H and O–H groups in total. The molecule has 1 heterocycles. The summed E-state index contributed by atoms with van der Waals surface area (Å²) < 4.78 is 0. The molecule has 0 bridgehead atoms. The van der Waals surface area contributed by atoms with Gasteiger partial charge in [-0.15, -0.1) is 0 Å². The van der Waals surface area contributed by atoms with E-state index in [4.69, 9.17) is 16.4 Å². The standard InChI is InChI=1S/C14H15ClN2O/c1-3-10(2)18-17-9-12-13(15)7-6-11-5-4-8-16-14(11)12/h4-10H,3H2,1-2H3/b17-9+. The van der Waals surface area contributed by atoms with E-state index in [-0.39, 0.29) is 6.10 Å². The highest BCUT2D eigenvalue weighted by atomic mass is 35.5. The number of aromatic nitrogens is 1. The van der Waals surface area contributed by atoms with Gasteiger partial charge in [0.05, 0.1) is 16.8 Å². The van der Waals surface area contributed by atoms with Crippen LogP contribution in [0.4, 0.5) is 0 Å². The van der Waals surface area contributed by atoms with Crippen LogP contribution in [0.3, 0.4) is 0 Å². The van der Waals surface area contributed by atoms with Gasteiger partial charge in [0.25, 0.3) is 0 Å². The number of benzene rings is 1. The largest absolute Gasteiger partial charge is 0.393 e. The van der Waals surface area contributed by atoms with Crippen molar-refractivity contribution in [3.05, 3.63) is 41.0 Å². The molecule has 94 valence electrons. The van der Waals surface area contributed by atoms with E-state index in [0.717, 1.165) is 22.9 Å². The van der Waals surface area contributed by atoms with Crippen molar-refractivity contribution >= 4 is 28.7 Å². The Balaban J connectivity index is 2.34. The van der Waals surface area contributed by atoms with E-state index < -0.39 is 0 Å². The Morgan fingerprint density at radius 1 is 1.44 bits per heavy atom. The molecule has 1 aromatic heterocycles. The summed E-state index contributed by atoms with van der Waals surface area (Å²) in [4.78, 5) is 9.61. The summed E-state index contributed by atoms with van der Waals surface area (Å²) in [7, 11) is 0. The minimum atomic E-state index is 0.1000. The van der Waals surface area contributed by atoms with Crippen LogP contribution in [0.5, 0.6) is 0 Å². The van der Waals surface area contributed by atoms with Gasteiger partial charge in [-0.2, -0.15) is 0 Å². The zero-order chi connectivity index (χ0) is 13.0. The molecule has 0 aliphatic heterocycles. The van der Waals surface area contributed by atoms with Crippen LogP contribution in [-0.4, -0.2) is 17.3 Å². The summed E-state index contributed by atoms with van der Waals surface area (Å²) in [6.45, 7) is 4.02. The average Bonchev–Trinajstić information content (AvgIpc) is 2.41. The fourth-order valence-electron chi connectivity index (χ4n) is 1.53. The van der Waals surface area contributed by atoms with Crippen LogP contribution in [0.1, 0.15) is 25.8 Å². The molecule has 0 radical (unpaired) electrons. The van der Waals surface area contributed by atoms with E-state index in [1.165, 1.54) is 0 Å². The van der Waals surface area contributed by atoms with Crippen LogP contribution < -0.4 is 0 Å². The van der Waals surface area contributed by atoms with Crippen molar-refractivity contribution in [1.82, 2.24) is 4.98 Å². The lowest BCUT2D eigenvalue weighted by atomic mass is 10.1. The Labute approximate surface area is 111 Å². The molecule has 0 amide bonds. The maximum atomic E-state index is 6.17. The second-order valence-corrected chi connectivity index (χ2v) is 4.50. The maximum absolute atomic E-state index is 6.17. The topological polar surface area (TPSA) is 34.5 Å². The smallest absolute Gasteiger partial charge is 0.124 e. The third kappa shape index (κ3) is 2.79. The van der Waals surface area contributed by atoms with Gasteiger partial charge >= 0.3 is 0 Å². The van der Waals surface area contributed by atoms with Crippen LogP contribution in [0, 0.1) is 0 Å². The van der Waals surface area contributed by atoms with Gasteiger partial charge in [0, 0.05) is 17.1 Å². The summed E-state index contributed by atoms with van der Waals surface area (Å²) in [6, 6.07) is 7.67. The molecule has 3 nitrogen and oxygen atoms in total. The van der Waals surface area contributed by atoms with Crippen molar-refractivity contribution in [1.29, 1.82) is 0 Å². The molecule has 0 aliphatic carbocycles. The SMILES string of the molecule is CCC(C)O/N=C/c1c(Cl)ccc2cccnc12. The predicted molar refractivity (Wildman–Crippen MR) is 75.2 cm³/mol. The predicted octanol–water partition coefficient (Wildman–Crippen LogP) is 4.04. The number of fused-ring (bicyclic) bond motifs is 1. The first-order valence-electron chi connectivity index (χ1n) is 5.94. The lowest BCUT2D eigenvalue weighted by molar-refractivity contribution is 0.0712. The molecule has 1 unspecified atom stereocenters. The van der Waals surface area contributed by atoms with Crippen molar-refractivity contribution in [3.63, 3.8) is 0 Å². The van der Waals surface area contributed by atoms with E-state index >= 15 is 0 Å². The summed E-state index contributed by atoms with van der Waals surface area (Å²) >= 11 is 6.17. The molecule has 1 atom stereocenters. The van der Waals surface area contributed by atoms with Gasteiger partial charge in [0.15, 0.2) is 0 Å². The number of oxime groups is 1. The van der Waals surface area contributed by atoms with Gasteiger partial charge in [-0.05, 0) is 25.5 Å². The van der Waals surface area contributed by atoms with Crippen LogP contribution >= 0.6 is 11.6 Å². The van der Waals surface area contributed by atoms with Gasteiger partial charge < -0.3 is 4.84 Å². The third-order valence-corrected chi connectivity index (χ3v) is 3.09. The summed E-state index contributed by atoms with van der Waals surface area (Å²) in [6.07, 6.45) is 4.39. The van der Waals surface area contributed by atoms with Gasteiger partial charge in [0.1, 0.15) is 6.10 Å². The van der Waals surface area contributed by atoms with Gasteiger partial charge in [-0.3, -0.25) is 4.98 Å². The normalized spacial score (nSPS) is 13.1. The van der Waals surface area contributed by atoms with Crippen molar-refractivity contribution in [3.8, 4) is 0 Å². The molecule has 0 saturated heterocycles. The van der Waals surface area contributed by atoms with E-state index in [1.807, 2.05) is 38.1 Å². The van der Waals surface area contributed by atoms with Crippen molar-refractivity contribution < 1.29 is 4.84 Å². The van der Waals surface area contributed by atoms with Crippen LogP contribution in [0.15, 0.2) is 35.6 Å². The second-order valence-electron chi connectivity index (χ2n) is 4.09. The molecule has 0 fully saturated rings. The molecular formula is C14H15ClN2O. The number of nitrogens with zero attached hydrogens (tertiary/aromatic N) is 2. The van der Waals surface area contributed by atoms with Gasteiger partial charge in [-0.25, -0.2) is 0 Å². The minimum absolute atomic E-state index is 0.1000. The first-order chi connectivity index (χ1) is 8.72. The van der Waals surface area contributed by atoms with Crippen LogP contribution in [0.25, 0.3) is 10.9 Å². The molecule has 2 aromatic rings. The minimum Gasteiger partial charge on any atom is -0.393 e. The van der Waals surface area contributed by atoms with Crippen molar-refractivity contribution in [2.75, 3.05) is 0 Å². The molecule has 1 aromatic carbocycles. The monoisotopic (exact) mass is 262 g/mol. The highest BCUT2D eigenvalue weighted by Crippen LogP contribution is 2.22. The molecule has 4 heteroatoms. The maximum Gasteiger partial charge on any atom is 0.124 e. The Kier molecular flexibility index (Phi) is 4.15. The van der Waals surface area contributed by atoms with Gasteiger partial charge in [0.2, 0.25) is 0 Å². The zero-order valence-electron chi connectivity index (χ0n) is 10.4.